The van der Waals surface area contributed by atoms with E-state index >= 15 is 0 Å². The normalized spacial score (nSPS) is 23.0. The summed E-state index contributed by atoms with van der Waals surface area (Å²) in [5.41, 5.74) is 6.46. The Kier molecular flexibility index (Phi) is 10.7. The molecule has 0 radical (unpaired) electrons. The maximum atomic E-state index is 13.2. The number of benzene rings is 1. The van der Waals surface area contributed by atoms with Crippen LogP contribution in [0.2, 0.25) is 0 Å². The molecule has 2 fully saturated rings. The highest BCUT2D eigenvalue weighted by atomic mass is 16.5. The molecule has 1 heterocycles. The van der Waals surface area contributed by atoms with Gasteiger partial charge in [-0.1, -0.05) is 36.8 Å². The number of carboxylic acids is 1. The third-order valence-corrected chi connectivity index (χ3v) is 6.33. The lowest BCUT2D eigenvalue weighted by atomic mass is 10.0. The van der Waals surface area contributed by atoms with E-state index in [2.05, 4.69) is 5.32 Å². The van der Waals surface area contributed by atoms with Gasteiger partial charge in [-0.3, -0.25) is 14.9 Å². The standard InChI is InChI=1S/C23H32N2O5.C4H11N/c1-3-30-23(29)18(13-12-16-8-5-4-6-9-16)24-15(2)21(26)25-19-11-7-10-17(19)14-20(25)22(27)28;1-4(2,3)5/h4-6,8-9,15,17-20,24H,3,7,10-14H2,1-2H3,(H,27,28);5H2,1-3H3/t15-,17-,18-,19-,20-;/m0./s1. The van der Waals surface area contributed by atoms with Gasteiger partial charge in [0.05, 0.1) is 12.6 Å². The van der Waals surface area contributed by atoms with E-state index in [-0.39, 0.29) is 36.0 Å². The molecule has 1 saturated heterocycles. The number of rotatable bonds is 9. The smallest absolute Gasteiger partial charge is 0.326 e. The first-order chi connectivity index (χ1) is 16.4. The van der Waals surface area contributed by atoms with Gasteiger partial charge in [-0.2, -0.15) is 0 Å². The van der Waals surface area contributed by atoms with E-state index in [9.17, 15) is 19.5 Å². The number of carbonyl (C=O) groups is 3. The number of likely N-dealkylation sites (tertiary alicyclic amines) is 1. The molecule has 1 saturated carbocycles. The van der Waals surface area contributed by atoms with Crippen molar-refractivity contribution in [2.45, 2.75) is 103 Å². The topological polar surface area (TPSA) is 122 Å². The van der Waals surface area contributed by atoms with Crippen LogP contribution in [-0.4, -0.2) is 64.2 Å². The van der Waals surface area contributed by atoms with Gasteiger partial charge in [-0.05, 0) is 78.2 Å². The van der Waals surface area contributed by atoms with Gasteiger partial charge in [0.2, 0.25) is 5.91 Å². The molecule has 4 N–H and O–H groups in total. The first kappa shape index (κ1) is 28.8. The van der Waals surface area contributed by atoms with Crippen molar-refractivity contribution < 1.29 is 24.2 Å². The van der Waals surface area contributed by atoms with E-state index in [1.807, 2.05) is 51.1 Å². The Morgan fingerprint density at radius 1 is 1.20 bits per heavy atom. The van der Waals surface area contributed by atoms with Crippen LogP contribution in [0.25, 0.3) is 0 Å². The number of esters is 1. The van der Waals surface area contributed by atoms with Crippen molar-refractivity contribution >= 4 is 17.8 Å². The number of carboxylic acid groups (broad SMARTS) is 1. The molecule has 1 amide bonds. The Labute approximate surface area is 209 Å². The Hall–Kier alpha value is -2.45. The molecule has 8 heteroatoms. The molecule has 35 heavy (non-hydrogen) atoms. The van der Waals surface area contributed by atoms with Crippen LogP contribution in [0.15, 0.2) is 30.3 Å². The van der Waals surface area contributed by atoms with Crippen molar-refractivity contribution in [2.24, 2.45) is 11.7 Å². The number of aliphatic carboxylic acids is 1. The second kappa shape index (κ2) is 13.0. The fraction of sp³-hybridized carbons (Fsp3) is 0.667. The predicted octanol–water partition coefficient (Wildman–Crippen LogP) is 3.13. The Morgan fingerprint density at radius 2 is 1.83 bits per heavy atom. The third-order valence-electron chi connectivity index (χ3n) is 6.33. The predicted molar refractivity (Wildman–Crippen MR) is 136 cm³/mol. The number of ether oxygens (including phenoxy) is 1. The lowest BCUT2D eigenvalue weighted by molar-refractivity contribution is -0.151. The summed E-state index contributed by atoms with van der Waals surface area (Å²) in [4.78, 5) is 39.1. The molecule has 1 aliphatic carbocycles. The molecule has 1 aromatic carbocycles. The first-order valence-corrected chi connectivity index (χ1v) is 12.7. The Balaban J connectivity index is 0.000000784. The molecule has 0 spiro atoms. The average Bonchev–Trinajstić information content (AvgIpc) is 3.37. The summed E-state index contributed by atoms with van der Waals surface area (Å²) >= 11 is 0. The molecule has 1 aliphatic heterocycles. The van der Waals surface area contributed by atoms with Crippen molar-refractivity contribution in [2.75, 3.05) is 6.61 Å². The molecule has 196 valence electrons. The highest BCUT2D eigenvalue weighted by Crippen LogP contribution is 2.41. The van der Waals surface area contributed by atoms with Crippen molar-refractivity contribution in [1.82, 2.24) is 10.2 Å². The highest BCUT2D eigenvalue weighted by molar-refractivity contribution is 5.88. The van der Waals surface area contributed by atoms with Gasteiger partial charge in [0.25, 0.3) is 0 Å². The van der Waals surface area contributed by atoms with E-state index in [4.69, 9.17) is 10.5 Å². The van der Waals surface area contributed by atoms with Gasteiger partial charge in [-0.15, -0.1) is 0 Å². The number of aryl methyl sites for hydroxylation is 1. The van der Waals surface area contributed by atoms with Crippen LogP contribution in [0.1, 0.15) is 72.3 Å². The van der Waals surface area contributed by atoms with Crippen molar-refractivity contribution in [1.29, 1.82) is 0 Å². The van der Waals surface area contributed by atoms with E-state index in [1.54, 1.807) is 18.7 Å². The number of nitrogens with zero attached hydrogens (tertiary/aromatic N) is 1. The number of nitrogens with one attached hydrogen (secondary N) is 1. The first-order valence-electron chi connectivity index (χ1n) is 12.7. The molecule has 5 atom stereocenters. The SMILES string of the molecule is CC(C)(C)N.CCOC(=O)[C@H](CCc1ccccc1)N[C@@H](C)C(=O)N1[C@H](C(=O)O)C[C@@H]2CCC[C@@H]21. The van der Waals surface area contributed by atoms with Crippen LogP contribution in [0.5, 0.6) is 0 Å². The maximum absolute atomic E-state index is 13.2. The van der Waals surface area contributed by atoms with E-state index < -0.39 is 24.1 Å². The molecule has 0 unspecified atom stereocenters. The monoisotopic (exact) mass is 489 g/mol. The second-order valence-electron chi connectivity index (χ2n) is 10.7. The quantitative estimate of drug-likeness (QED) is 0.456. The number of fused-ring (bicyclic) bond motifs is 1. The zero-order chi connectivity index (χ0) is 26.2. The van der Waals surface area contributed by atoms with Gasteiger partial charge < -0.3 is 20.5 Å². The lowest BCUT2D eigenvalue weighted by Crippen LogP contribution is -2.55. The minimum atomic E-state index is -0.948. The summed E-state index contributed by atoms with van der Waals surface area (Å²) < 4.78 is 5.21. The summed E-state index contributed by atoms with van der Waals surface area (Å²) in [5, 5.41) is 12.8. The molecule has 0 bridgehead atoms. The molecule has 8 nitrogen and oxygen atoms in total. The Morgan fingerprint density at radius 3 is 2.40 bits per heavy atom. The van der Waals surface area contributed by atoms with Gasteiger partial charge >= 0.3 is 11.9 Å². The van der Waals surface area contributed by atoms with Crippen molar-refractivity contribution in [3.63, 3.8) is 0 Å². The molecule has 3 rings (SSSR count). The molecular formula is C27H43N3O5. The zero-order valence-corrected chi connectivity index (χ0v) is 21.8. The molecule has 0 aromatic heterocycles. The number of carbonyl (C=O) groups excluding carboxylic acids is 2. The third kappa shape index (κ3) is 8.93. The minimum Gasteiger partial charge on any atom is -0.480 e. The van der Waals surface area contributed by atoms with Crippen LogP contribution in [-0.2, 0) is 25.5 Å². The van der Waals surface area contributed by atoms with Crippen molar-refractivity contribution in [3.8, 4) is 0 Å². The summed E-state index contributed by atoms with van der Waals surface area (Å²) in [6, 6.07) is 7.76. The number of hydrogen-bond acceptors (Lipinski definition) is 6. The largest absolute Gasteiger partial charge is 0.480 e. The zero-order valence-electron chi connectivity index (χ0n) is 21.8. The summed E-state index contributed by atoms with van der Waals surface area (Å²) in [7, 11) is 0. The van der Waals surface area contributed by atoms with Gasteiger partial charge in [-0.25, -0.2) is 4.79 Å². The van der Waals surface area contributed by atoms with Crippen LogP contribution >= 0.6 is 0 Å². The second-order valence-corrected chi connectivity index (χ2v) is 10.7. The fourth-order valence-corrected chi connectivity index (χ4v) is 4.89. The minimum absolute atomic E-state index is 0. The van der Waals surface area contributed by atoms with E-state index in [0.29, 0.717) is 19.3 Å². The van der Waals surface area contributed by atoms with Gasteiger partial charge in [0.15, 0.2) is 0 Å². The lowest BCUT2D eigenvalue weighted by Gasteiger charge is -2.31. The summed E-state index contributed by atoms with van der Waals surface area (Å²) in [6.45, 7) is 9.62. The van der Waals surface area contributed by atoms with Crippen LogP contribution in [0.4, 0.5) is 0 Å². The maximum Gasteiger partial charge on any atom is 0.326 e. The summed E-state index contributed by atoms with van der Waals surface area (Å²) in [6.07, 6.45) is 4.54. The number of nitrogens with two attached hydrogens (primary N) is 1. The number of amides is 1. The molecular weight excluding hydrogens is 446 g/mol. The van der Waals surface area contributed by atoms with Crippen LogP contribution < -0.4 is 11.1 Å². The fourth-order valence-electron chi connectivity index (χ4n) is 4.89. The average molecular weight is 490 g/mol. The van der Waals surface area contributed by atoms with E-state index in [1.165, 1.54) is 0 Å². The molecule has 1 aromatic rings. The Bertz CT molecular complexity index is 833. The van der Waals surface area contributed by atoms with Crippen molar-refractivity contribution in [3.05, 3.63) is 35.9 Å². The van der Waals surface area contributed by atoms with E-state index in [0.717, 1.165) is 24.8 Å². The van der Waals surface area contributed by atoms with Gasteiger partial charge in [0, 0.05) is 11.6 Å². The number of hydrogen-bond donors (Lipinski definition) is 3. The van der Waals surface area contributed by atoms with Gasteiger partial charge in [0.1, 0.15) is 12.1 Å². The highest BCUT2D eigenvalue weighted by Gasteiger charge is 2.49. The summed E-state index contributed by atoms with van der Waals surface area (Å²) in [5.74, 6) is -1.31. The van der Waals surface area contributed by atoms with Crippen LogP contribution in [0.3, 0.4) is 0 Å². The van der Waals surface area contributed by atoms with Crippen LogP contribution in [0, 0.1) is 5.92 Å². The molecule has 2 aliphatic rings.